The molecule has 2 aromatic heterocycles. The molecule has 0 spiro atoms. The van der Waals surface area contributed by atoms with E-state index in [2.05, 4.69) is 25.4 Å². The average molecular weight is 254 g/mol. The maximum atomic E-state index is 5.68. The van der Waals surface area contributed by atoms with Crippen LogP contribution >= 0.6 is 0 Å². The molecule has 94 valence electrons. The molecule has 0 aliphatic heterocycles. The Morgan fingerprint density at radius 1 is 1.05 bits per heavy atom. The lowest BCUT2D eigenvalue weighted by Crippen LogP contribution is -2.04. The molecule has 7 heteroatoms. The predicted molar refractivity (Wildman–Crippen MR) is 69.5 cm³/mol. The van der Waals surface area contributed by atoms with Crippen molar-refractivity contribution in [3.05, 3.63) is 42.8 Å². The smallest absolute Gasteiger partial charge is 0.232 e. The Labute approximate surface area is 108 Å². The zero-order chi connectivity index (χ0) is 13.1. The minimum absolute atomic E-state index is 0.146. The number of hydrogen-bond donors (Lipinski definition) is 2. The molecule has 0 saturated carbocycles. The molecule has 0 fully saturated rings. The van der Waals surface area contributed by atoms with Crippen molar-refractivity contribution >= 4 is 17.6 Å². The molecule has 19 heavy (non-hydrogen) atoms. The van der Waals surface area contributed by atoms with Crippen LogP contribution in [0.25, 0.3) is 11.4 Å². The van der Waals surface area contributed by atoms with Crippen molar-refractivity contribution in [1.29, 1.82) is 0 Å². The van der Waals surface area contributed by atoms with E-state index in [-0.39, 0.29) is 5.95 Å². The SMILES string of the molecule is Nc1nc(Nc2cnoc2)nc(-c2ccccc2)n1. The zero-order valence-electron chi connectivity index (χ0n) is 9.82. The first-order chi connectivity index (χ1) is 9.31. The third-order valence-corrected chi connectivity index (χ3v) is 2.37. The van der Waals surface area contributed by atoms with Crippen LogP contribution in [0.1, 0.15) is 0 Å². The first kappa shape index (κ1) is 11.1. The molecule has 2 heterocycles. The summed E-state index contributed by atoms with van der Waals surface area (Å²) in [6, 6.07) is 9.53. The minimum Gasteiger partial charge on any atom is -0.368 e. The van der Waals surface area contributed by atoms with E-state index in [4.69, 9.17) is 10.3 Å². The number of rotatable bonds is 3. The molecule has 0 aliphatic carbocycles. The highest BCUT2D eigenvalue weighted by Gasteiger charge is 2.07. The fourth-order valence-electron chi connectivity index (χ4n) is 1.56. The van der Waals surface area contributed by atoms with E-state index in [0.29, 0.717) is 17.5 Å². The van der Waals surface area contributed by atoms with Crippen LogP contribution in [-0.4, -0.2) is 20.1 Å². The lowest BCUT2D eigenvalue weighted by atomic mass is 10.2. The summed E-state index contributed by atoms with van der Waals surface area (Å²) in [5, 5.41) is 6.52. The second-order valence-electron chi connectivity index (χ2n) is 3.74. The molecule has 1 aromatic carbocycles. The molecular formula is C12H10N6O. The monoisotopic (exact) mass is 254 g/mol. The molecule has 0 bridgehead atoms. The molecular weight excluding hydrogens is 244 g/mol. The summed E-state index contributed by atoms with van der Waals surface area (Å²) in [5.74, 6) is 0.995. The summed E-state index contributed by atoms with van der Waals surface area (Å²) in [6.07, 6.45) is 2.96. The average Bonchev–Trinajstić information content (AvgIpc) is 2.92. The van der Waals surface area contributed by atoms with Crippen LogP contribution in [-0.2, 0) is 0 Å². The molecule has 0 atom stereocenters. The molecule has 3 aromatic rings. The van der Waals surface area contributed by atoms with Crippen molar-refractivity contribution in [3.8, 4) is 11.4 Å². The molecule has 3 N–H and O–H groups in total. The second kappa shape index (κ2) is 4.73. The topological polar surface area (TPSA) is 103 Å². The lowest BCUT2D eigenvalue weighted by molar-refractivity contribution is 0.420. The van der Waals surface area contributed by atoms with Crippen molar-refractivity contribution in [1.82, 2.24) is 20.1 Å². The molecule has 0 unspecified atom stereocenters. The fraction of sp³-hybridized carbons (Fsp3) is 0. The minimum atomic E-state index is 0.146. The van der Waals surface area contributed by atoms with Gasteiger partial charge in [0.05, 0.1) is 6.20 Å². The highest BCUT2D eigenvalue weighted by molar-refractivity contribution is 5.59. The highest BCUT2D eigenvalue weighted by Crippen LogP contribution is 2.18. The van der Waals surface area contributed by atoms with Crippen LogP contribution in [0.2, 0.25) is 0 Å². The van der Waals surface area contributed by atoms with Crippen molar-refractivity contribution in [3.63, 3.8) is 0 Å². The quantitative estimate of drug-likeness (QED) is 0.735. The van der Waals surface area contributed by atoms with Crippen LogP contribution in [0, 0.1) is 0 Å². The Balaban J connectivity index is 1.97. The first-order valence-electron chi connectivity index (χ1n) is 5.54. The Bertz CT molecular complexity index is 668. The molecule has 0 aliphatic rings. The van der Waals surface area contributed by atoms with E-state index in [9.17, 15) is 0 Å². The van der Waals surface area contributed by atoms with Gasteiger partial charge in [0.15, 0.2) is 5.82 Å². The van der Waals surface area contributed by atoms with Crippen molar-refractivity contribution in [2.75, 3.05) is 11.1 Å². The zero-order valence-corrected chi connectivity index (χ0v) is 9.82. The third-order valence-electron chi connectivity index (χ3n) is 2.37. The van der Waals surface area contributed by atoms with Gasteiger partial charge in [0, 0.05) is 5.56 Å². The molecule has 7 nitrogen and oxygen atoms in total. The molecule has 0 amide bonds. The first-order valence-corrected chi connectivity index (χ1v) is 5.54. The fourth-order valence-corrected chi connectivity index (χ4v) is 1.56. The Morgan fingerprint density at radius 2 is 1.89 bits per heavy atom. The Morgan fingerprint density at radius 3 is 2.63 bits per heavy atom. The second-order valence-corrected chi connectivity index (χ2v) is 3.74. The highest BCUT2D eigenvalue weighted by atomic mass is 16.5. The number of nitrogen functional groups attached to an aromatic ring is 1. The lowest BCUT2D eigenvalue weighted by Gasteiger charge is -2.05. The van der Waals surface area contributed by atoms with Crippen LogP contribution in [0.4, 0.5) is 17.6 Å². The Kier molecular flexibility index (Phi) is 2.77. The largest absolute Gasteiger partial charge is 0.368 e. The van der Waals surface area contributed by atoms with Gasteiger partial charge in [-0.25, -0.2) is 0 Å². The van der Waals surface area contributed by atoms with Gasteiger partial charge in [-0.1, -0.05) is 35.5 Å². The number of hydrogen-bond acceptors (Lipinski definition) is 7. The number of benzene rings is 1. The summed E-state index contributed by atoms with van der Waals surface area (Å²) < 4.78 is 4.72. The van der Waals surface area contributed by atoms with E-state index in [1.54, 1.807) is 0 Å². The van der Waals surface area contributed by atoms with Gasteiger partial charge in [0.2, 0.25) is 11.9 Å². The number of nitrogens with two attached hydrogens (primary N) is 1. The van der Waals surface area contributed by atoms with Gasteiger partial charge in [-0.2, -0.15) is 15.0 Å². The molecule has 0 saturated heterocycles. The van der Waals surface area contributed by atoms with Crippen LogP contribution in [0.5, 0.6) is 0 Å². The number of nitrogens with one attached hydrogen (secondary N) is 1. The molecule has 0 radical (unpaired) electrons. The van der Waals surface area contributed by atoms with Gasteiger partial charge in [0.1, 0.15) is 12.0 Å². The Hall–Kier alpha value is -2.96. The van der Waals surface area contributed by atoms with Crippen LogP contribution in [0.3, 0.4) is 0 Å². The van der Waals surface area contributed by atoms with Crippen molar-refractivity contribution < 1.29 is 4.52 Å². The van der Waals surface area contributed by atoms with Gasteiger partial charge in [-0.15, -0.1) is 0 Å². The number of aromatic nitrogens is 4. The van der Waals surface area contributed by atoms with Gasteiger partial charge >= 0.3 is 0 Å². The van der Waals surface area contributed by atoms with E-state index >= 15 is 0 Å². The summed E-state index contributed by atoms with van der Waals surface area (Å²) in [4.78, 5) is 12.4. The number of nitrogens with zero attached hydrogens (tertiary/aromatic N) is 4. The summed E-state index contributed by atoms with van der Waals surface area (Å²) in [5.41, 5.74) is 7.19. The van der Waals surface area contributed by atoms with Gasteiger partial charge < -0.3 is 15.6 Å². The maximum Gasteiger partial charge on any atom is 0.232 e. The summed E-state index contributed by atoms with van der Waals surface area (Å²) >= 11 is 0. The normalized spacial score (nSPS) is 10.3. The van der Waals surface area contributed by atoms with Gasteiger partial charge in [-0.3, -0.25) is 0 Å². The van der Waals surface area contributed by atoms with Gasteiger partial charge in [-0.05, 0) is 0 Å². The standard InChI is InChI=1S/C12H10N6O/c13-11-16-10(8-4-2-1-3-5-8)17-12(18-11)15-9-6-14-19-7-9/h1-7H,(H3,13,15,16,17,18). The maximum absolute atomic E-state index is 5.68. The van der Waals surface area contributed by atoms with E-state index in [1.165, 1.54) is 12.5 Å². The summed E-state index contributed by atoms with van der Waals surface area (Å²) in [6.45, 7) is 0. The predicted octanol–water partition coefficient (Wildman–Crippen LogP) is 1.85. The van der Waals surface area contributed by atoms with Crippen LogP contribution < -0.4 is 11.1 Å². The summed E-state index contributed by atoms with van der Waals surface area (Å²) in [7, 11) is 0. The van der Waals surface area contributed by atoms with E-state index in [0.717, 1.165) is 5.56 Å². The number of anilines is 3. The third kappa shape index (κ3) is 2.49. The van der Waals surface area contributed by atoms with Crippen molar-refractivity contribution in [2.24, 2.45) is 0 Å². The van der Waals surface area contributed by atoms with E-state index < -0.39 is 0 Å². The molecule has 3 rings (SSSR count). The van der Waals surface area contributed by atoms with E-state index in [1.807, 2.05) is 30.3 Å². The van der Waals surface area contributed by atoms with Gasteiger partial charge in [0.25, 0.3) is 0 Å². The van der Waals surface area contributed by atoms with Crippen molar-refractivity contribution in [2.45, 2.75) is 0 Å². The van der Waals surface area contributed by atoms with Crippen LogP contribution in [0.15, 0.2) is 47.3 Å².